The van der Waals surface area contributed by atoms with Crippen LogP contribution in [0.3, 0.4) is 0 Å². The second-order valence-electron chi connectivity index (χ2n) is 23.7. The van der Waals surface area contributed by atoms with Crippen molar-refractivity contribution in [1.29, 1.82) is 0 Å². The van der Waals surface area contributed by atoms with Crippen molar-refractivity contribution in [2.24, 2.45) is 0 Å². The van der Waals surface area contributed by atoms with Crippen LogP contribution in [0.4, 0.5) is 0 Å². The minimum Gasteiger partial charge on any atom is -0.488 e. The number of aliphatic hydroxyl groups excluding tert-OH is 9. The molecule has 36 heteroatoms. The molecule has 15 unspecified atom stereocenters. The van der Waals surface area contributed by atoms with Gasteiger partial charge in [0, 0.05) is 65.2 Å². The number of carbonyl (C=O) groups excluding carboxylic acids is 7. The molecule has 0 aliphatic carbocycles. The van der Waals surface area contributed by atoms with Crippen molar-refractivity contribution in [2.75, 3.05) is 139 Å². The van der Waals surface area contributed by atoms with Crippen LogP contribution in [0.2, 0.25) is 0 Å². The Morgan fingerprint density at radius 3 is 1.02 bits per heavy atom. The average Bonchev–Trinajstić information content (AvgIpc) is 0.840. The maximum atomic E-state index is 14.1. The molecule has 0 bridgehead atoms. The smallest absolute Gasteiger partial charge is 0.251 e. The molecule has 16 N–H and O–H groups in total. The fourth-order valence-corrected chi connectivity index (χ4v) is 9.74. The number of aliphatic hydroxyl groups is 9. The molecular formula is C60H101N7O29. The third-order valence-electron chi connectivity index (χ3n) is 14.5. The van der Waals surface area contributed by atoms with E-state index < -0.39 is 164 Å². The van der Waals surface area contributed by atoms with E-state index in [2.05, 4.69) is 37.2 Å². The molecule has 1 aromatic rings. The van der Waals surface area contributed by atoms with Gasteiger partial charge in [0.1, 0.15) is 90.0 Å². The molecule has 1 aromatic carbocycles. The molecule has 0 aromatic heterocycles. The minimum absolute atomic E-state index is 0.00976. The first-order chi connectivity index (χ1) is 45.7. The zero-order valence-electron chi connectivity index (χ0n) is 55.1. The van der Waals surface area contributed by atoms with Gasteiger partial charge in [-0.25, -0.2) is 0 Å². The zero-order chi connectivity index (χ0) is 70.8. The highest BCUT2D eigenvalue weighted by molar-refractivity contribution is 5.95. The van der Waals surface area contributed by atoms with Crippen LogP contribution in [-0.2, 0) is 85.6 Å². The Kier molecular flexibility index (Phi) is 37.8. The molecule has 3 saturated heterocycles. The summed E-state index contributed by atoms with van der Waals surface area (Å²) < 4.78 is 74.3. The first-order valence-corrected chi connectivity index (χ1v) is 31.6. The molecule has 3 aliphatic rings. The van der Waals surface area contributed by atoms with Gasteiger partial charge in [0.2, 0.25) is 35.4 Å². The topological polar surface area (TPSA) is 506 Å². The molecule has 0 radical (unpaired) electrons. The summed E-state index contributed by atoms with van der Waals surface area (Å²) in [6, 6.07) is 2.92. The fourth-order valence-electron chi connectivity index (χ4n) is 9.74. The first-order valence-electron chi connectivity index (χ1n) is 31.6. The van der Waals surface area contributed by atoms with Crippen molar-refractivity contribution in [2.45, 2.75) is 164 Å². The summed E-state index contributed by atoms with van der Waals surface area (Å²) in [5.74, 6) is -2.96. The summed E-state index contributed by atoms with van der Waals surface area (Å²) >= 11 is 0. The van der Waals surface area contributed by atoms with Crippen LogP contribution in [0.5, 0.6) is 5.75 Å². The van der Waals surface area contributed by atoms with Crippen molar-refractivity contribution in [1.82, 2.24) is 37.2 Å². The summed E-state index contributed by atoms with van der Waals surface area (Å²) in [4.78, 5) is 88.4. The van der Waals surface area contributed by atoms with Gasteiger partial charge in [-0.3, -0.25) is 33.6 Å². The number of ether oxygens (including phenoxy) is 13. The summed E-state index contributed by atoms with van der Waals surface area (Å²) in [5, 5.41) is 109. The third-order valence-corrected chi connectivity index (χ3v) is 14.5. The average molecular weight is 1380 g/mol. The predicted octanol–water partition coefficient (Wildman–Crippen LogP) is -7.17. The van der Waals surface area contributed by atoms with E-state index in [1.165, 1.54) is 20.8 Å². The second kappa shape index (κ2) is 43.8. The third kappa shape index (κ3) is 29.9. The summed E-state index contributed by atoms with van der Waals surface area (Å²) in [6.07, 6.45) is -16.6. The number of hydrogen-bond donors (Lipinski definition) is 16. The highest BCUT2D eigenvalue weighted by Gasteiger charge is 2.48. The van der Waals surface area contributed by atoms with Gasteiger partial charge >= 0.3 is 0 Å². The maximum absolute atomic E-state index is 14.1. The number of carbonyl (C=O) groups is 7. The SMILES string of the molecule is CC(=O)NC1C(OCCOCCNC(=O)CCOCC(COCCC(=O)NCCOCCOC2OC(CO)C(O)C(O)C2NC(C)=O)(COCCC(=O)NCCOCCOC2OC(CO)C(O)C(O)C2NC(C)=O)NC(=O)c2ccc(OC(C)(C)C)cc2)OC(CO)C(O)C1O. The second-order valence-corrected chi connectivity index (χ2v) is 23.7. The van der Waals surface area contributed by atoms with Gasteiger partial charge in [-0.1, -0.05) is 0 Å². The predicted molar refractivity (Wildman–Crippen MR) is 329 cm³/mol. The van der Waals surface area contributed by atoms with Crippen molar-refractivity contribution in [3.63, 3.8) is 0 Å². The highest BCUT2D eigenvalue weighted by Crippen LogP contribution is 2.26. The van der Waals surface area contributed by atoms with E-state index in [1.54, 1.807) is 24.3 Å². The summed E-state index contributed by atoms with van der Waals surface area (Å²) in [7, 11) is 0. The van der Waals surface area contributed by atoms with Gasteiger partial charge in [0.05, 0.1) is 119 Å². The molecule has 0 saturated carbocycles. The number of nitrogens with one attached hydrogen (secondary N) is 7. The molecule has 3 aliphatic heterocycles. The van der Waals surface area contributed by atoms with Gasteiger partial charge in [0.25, 0.3) is 5.91 Å². The zero-order valence-corrected chi connectivity index (χ0v) is 55.1. The van der Waals surface area contributed by atoms with Crippen LogP contribution in [0, 0.1) is 0 Å². The summed E-state index contributed by atoms with van der Waals surface area (Å²) in [6.45, 7) is 5.87. The fraction of sp³-hybridized carbons (Fsp3) is 0.783. The molecule has 15 atom stereocenters. The molecule has 96 heavy (non-hydrogen) atoms. The van der Waals surface area contributed by atoms with Crippen LogP contribution < -0.4 is 42.0 Å². The Hall–Kier alpha value is -5.53. The Bertz CT molecular complexity index is 2270. The number of amides is 7. The van der Waals surface area contributed by atoms with Gasteiger partial charge in [0.15, 0.2) is 18.9 Å². The van der Waals surface area contributed by atoms with Crippen LogP contribution in [0.15, 0.2) is 24.3 Å². The Balaban J connectivity index is 1.34. The molecular weight excluding hydrogens is 1280 g/mol. The van der Waals surface area contributed by atoms with E-state index in [4.69, 9.17) is 61.6 Å². The number of rotatable bonds is 45. The number of hydrogen-bond acceptors (Lipinski definition) is 29. The molecule has 7 amide bonds. The Morgan fingerprint density at radius 1 is 0.427 bits per heavy atom. The van der Waals surface area contributed by atoms with E-state index in [0.29, 0.717) is 5.75 Å². The van der Waals surface area contributed by atoms with Gasteiger partial charge in [-0.05, 0) is 45.0 Å². The van der Waals surface area contributed by atoms with Crippen molar-refractivity contribution in [3.8, 4) is 5.75 Å². The standard InChI is InChI=1S/C60H101N7O29/c1-35(71)64-46-52(80)49(77)40(29-68)93-56(46)90-26-23-84-20-14-61-43(74)11-17-87-32-60(67-55(83)38-7-9-39(10-8-38)96-59(4,5)6,33-88-18-12-44(75)62-15-21-85-24-27-91-57-47(65-36(2)72)53(81)50(78)41(30-69)94-57)34-89-19-13-45(76)63-16-22-86-25-28-92-58-48(66-37(3)73)54(82)51(79)42(31-70)95-58/h7-10,40-42,46-54,56-58,68-70,77-82H,11-34H2,1-6H3,(H,61,74)(H,62,75)(H,63,76)(H,64,71)(H,65,72)(H,66,73)(H,67,83). The van der Waals surface area contributed by atoms with E-state index in [-0.39, 0.29) is 144 Å². The largest absolute Gasteiger partial charge is 0.488 e. The van der Waals surface area contributed by atoms with Crippen LogP contribution in [-0.4, -0.2) is 329 Å². The molecule has 36 nitrogen and oxygen atoms in total. The Morgan fingerprint density at radius 2 is 0.740 bits per heavy atom. The molecule has 3 heterocycles. The molecule has 4 rings (SSSR count). The van der Waals surface area contributed by atoms with E-state index in [0.717, 1.165) is 0 Å². The van der Waals surface area contributed by atoms with Crippen LogP contribution >= 0.6 is 0 Å². The van der Waals surface area contributed by atoms with E-state index >= 15 is 0 Å². The van der Waals surface area contributed by atoms with E-state index in [1.807, 2.05) is 20.8 Å². The van der Waals surface area contributed by atoms with Crippen LogP contribution in [0.1, 0.15) is 71.2 Å². The Labute approximate surface area is 556 Å². The molecule has 3 fully saturated rings. The van der Waals surface area contributed by atoms with Gasteiger partial charge < -0.3 is 145 Å². The normalized spacial score (nSPS) is 26.6. The molecule has 550 valence electrons. The van der Waals surface area contributed by atoms with Crippen molar-refractivity contribution in [3.05, 3.63) is 29.8 Å². The quantitative estimate of drug-likeness (QED) is 0.0270. The highest BCUT2D eigenvalue weighted by atomic mass is 16.7. The van der Waals surface area contributed by atoms with Gasteiger partial charge in [-0.2, -0.15) is 0 Å². The van der Waals surface area contributed by atoms with Crippen LogP contribution in [0.25, 0.3) is 0 Å². The van der Waals surface area contributed by atoms with Crippen molar-refractivity contribution < 1.29 is 141 Å². The maximum Gasteiger partial charge on any atom is 0.251 e. The lowest BCUT2D eigenvalue weighted by molar-refractivity contribution is -0.272. The monoisotopic (exact) mass is 1380 g/mol. The lowest BCUT2D eigenvalue weighted by atomic mass is 9.97. The first kappa shape index (κ1) is 82.9. The summed E-state index contributed by atoms with van der Waals surface area (Å²) in [5.41, 5.74) is -1.87. The van der Waals surface area contributed by atoms with Crippen molar-refractivity contribution >= 4 is 41.4 Å². The molecule has 0 spiro atoms. The minimum atomic E-state index is -1.53. The number of benzene rings is 1. The lowest BCUT2D eigenvalue weighted by Gasteiger charge is -2.42. The van der Waals surface area contributed by atoms with E-state index in [9.17, 15) is 79.5 Å². The van der Waals surface area contributed by atoms with Gasteiger partial charge in [-0.15, -0.1) is 0 Å². The lowest BCUT2D eigenvalue weighted by Crippen LogP contribution is -2.64.